The average Bonchev–Trinajstić information content (AvgIpc) is 2.71. The molecule has 0 saturated carbocycles. The van der Waals surface area contributed by atoms with E-state index in [-0.39, 0.29) is 24.4 Å². The highest BCUT2D eigenvalue weighted by molar-refractivity contribution is 6.30. The second-order valence-electron chi connectivity index (χ2n) is 8.62. The molecule has 0 aliphatic carbocycles. The predicted molar refractivity (Wildman–Crippen MR) is 119 cm³/mol. The lowest BCUT2D eigenvalue weighted by molar-refractivity contribution is -0.151. The molecule has 0 radical (unpaired) electrons. The van der Waals surface area contributed by atoms with Gasteiger partial charge in [0.05, 0.1) is 29.9 Å². The molecule has 3 unspecified atom stereocenters. The monoisotopic (exact) mass is 444 g/mol. The molecule has 3 atom stereocenters. The number of halogens is 1. The molecule has 1 fully saturated rings. The number of benzene rings is 1. The SMILES string of the molecule is CCC(c1cccc(C(C)(C)O)n1)N1C(=O)C(CC(=O)O)CCC1c1ccc(Cl)cc1. The van der Waals surface area contributed by atoms with E-state index in [1.165, 1.54) is 0 Å². The Labute approximate surface area is 187 Å². The summed E-state index contributed by atoms with van der Waals surface area (Å²) in [5, 5.41) is 20.3. The molecule has 2 heterocycles. The van der Waals surface area contributed by atoms with E-state index in [0.717, 1.165) is 5.56 Å². The summed E-state index contributed by atoms with van der Waals surface area (Å²) in [5.74, 6) is -1.71. The van der Waals surface area contributed by atoms with Crippen molar-refractivity contribution in [3.8, 4) is 0 Å². The zero-order valence-corrected chi connectivity index (χ0v) is 18.8. The molecule has 0 spiro atoms. The van der Waals surface area contributed by atoms with Crippen molar-refractivity contribution in [2.24, 2.45) is 5.92 Å². The van der Waals surface area contributed by atoms with Crippen LogP contribution >= 0.6 is 11.6 Å². The standard InChI is InChI=1S/C24H29ClN2O4/c1-4-19(18-6-5-7-21(26-18)24(2,3)31)27-20(15-8-11-17(25)12-9-15)13-10-16(23(27)30)14-22(28)29/h5-9,11-12,16,19-20,31H,4,10,13-14H2,1-3H3,(H,28,29). The fraction of sp³-hybridized carbons (Fsp3) is 0.458. The summed E-state index contributed by atoms with van der Waals surface area (Å²) in [6, 6.07) is 12.3. The predicted octanol–water partition coefficient (Wildman–Crippen LogP) is 4.87. The van der Waals surface area contributed by atoms with Crippen LogP contribution in [-0.2, 0) is 15.2 Å². The van der Waals surface area contributed by atoms with Crippen LogP contribution < -0.4 is 0 Å². The average molecular weight is 445 g/mol. The number of amides is 1. The minimum absolute atomic E-state index is 0.170. The maximum absolute atomic E-state index is 13.5. The van der Waals surface area contributed by atoms with E-state index in [9.17, 15) is 19.8 Å². The third-order valence-corrected chi connectivity index (χ3v) is 6.12. The van der Waals surface area contributed by atoms with Crippen molar-refractivity contribution in [1.82, 2.24) is 9.88 Å². The van der Waals surface area contributed by atoms with Crippen molar-refractivity contribution < 1.29 is 19.8 Å². The van der Waals surface area contributed by atoms with Gasteiger partial charge in [-0.15, -0.1) is 0 Å². The van der Waals surface area contributed by atoms with E-state index < -0.39 is 17.5 Å². The number of carbonyl (C=O) groups is 2. The van der Waals surface area contributed by atoms with E-state index in [1.807, 2.05) is 31.2 Å². The van der Waals surface area contributed by atoms with Crippen LogP contribution in [0, 0.1) is 5.92 Å². The van der Waals surface area contributed by atoms with Crippen molar-refractivity contribution in [2.45, 2.75) is 64.1 Å². The number of hydrogen-bond donors (Lipinski definition) is 2. The first kappa shape index (κ1) is 23.2. The fourth-order valence-corrected chi connectivity index (χ4v) is 4.42. The van der Waals surface area contributed by atoms with Crippen LogP contribution in [0.3, 0.4) is 0 Å². The van der Waals surface area contributed by atoms with Crippen LogP contribution in [0.25, 0.3) is 0 Å². The van der Waals surface area contributed by atoms with Gasteiger partial charge in [0.25, 0.3) is 0 Å². The Morgan fingerprint density at radius 1 is 1.23 bits per heavy atom. The summed E-state index contributed by atoms with van der Waals surface area (Å²) in [6.45, 7) is 5.33. The van der Waals surface area contributed by atoms with Gasteiger partial charge in [0.2, 0.25) is 5.91 Å². The summed E-state index contributed by atoms with van der Waals surface area (Å²) in [5.41, 5.74) is 1.06. The Kier molecular flexibility index (Phi) is 7.02. The molecular weight excluding hydrogens is 416 g/mol. The molecule has 2 aromatic rings. The van der Waals surface area contributed by atoms with Gasteiger partial charge in [-0.1, -0.05) is 36.7 Å². The van der Waals surface area contributed by atoms with Gasteiger partial charge in [0, 0.05) is 10.9 Å². The molecule has 1 amide bonds. The summed E-state index contributed by atoms with van der Waals surface area (Å²) in [6.07, 6.45) is 1.60. The Bertz CT molecular complexity index is 939. The number of rotatable bonds is 7. The van der Waals surface area contributed by atoms with Gasteiger partial charge >= 0.3 is 5.97 Å². The molecular formula is C24H29ClN2O4. The minimum atomic E-state index is -1.11. The van der Waals surface area contributed by atoms with Gasteiger partial charge in [-0.2, -0.15) is 0 Å². The number of nitrogens with zero attached hydrogens (tertiary/aromatic N) is 2. The Hall–Kier alpha value is -2.44. The first-order chi connectivity index (χ1) is 14.6. The van der Waals surface area contributed by atoms with Crippen molar-refractivity contribution in [2.75, 3.05) is 0 Å². The minimum Gasteiger partial charge on any atom is -0.481 e. The molecule has 1 aromatic heterocycles. The molecule has 166 valence electrons. The summed E-state index contributed by atoms with van der Waals surface area (Å²) >= 11 is 6.06. The summed E-state index contributed by atoms with van der Waals surface area (Å²) in [7, 11) is 0. The number of aliphatic carboxylic acids is 1. The molecule has 1 aromatic carbocycles. The van der Waals surface area contributed by atoms with Gasteiger partial charge in [-0.25, -0.2) is 0 Å². The number of aliphatic hydroxyl groups is 1. The number of pyridine rings is 1. The number of carboxylic acid groups (broad SMARTS) is 1. The second-order valence-corrected chi connectivity index (χ2v) is 9.05. The van der Waals surface area contributed by atoms with Gasteiger partial charge in [-0.3, -0.25) is 14.6 Å². The van der Waals surface area contributed by atoms with Crippen LogP contribution in [0.1, 0.15) is 75.5 Å². The van der Waals surface area contributed by atoms with Gasteiger partial charge in [0.15, 0.2) is 0 Å². The van der Waals surface area contributed by atoms with Crippen molar-refractivity contribution in [1.29, 1.82) is 0 Å². The van der Waals surface area contributed by atoms with E-state index in [0.29, 0.717) is 35.7 Å². The third-order valence-electron chi connectivity index (χ3n) is 5.87. The van der Waals surface area contributed by atoms with Gasteiger partial charge in [0.1, 0.15) is 5.60 Å². The van der Waals surface area contributed by atoms with Gasteiger partial charge in [-0.05, 0) is 62.9 Å². The molecule has 2 N–H and O–H groups in total. The van der Waals surface area contributed by atoms with E-state index in [4.69, 9.17) is 11.6 Å². The summed E-state index contributed by atoms with van der Waals surface area (Å²) in [4.78, 5) is 31.3. The lowest BCUT2D eigenvalue weighted by Crippen LogP contribution is -2.46. The number of hydrogen-bond acceptors (Lipinski definition) is 4. The smallest absolute Gasteiger partial charge is 0.304 e. The summed E-state index contributed by atoms with van der Waals surface area (Å²) < 4.78 is 0. The second kappa shape index (κ2) is 9.37. The van der Waals surface area contributed by atoms with Gasteiger partial charge < -0.3 is 15.1 Å². The zero-order chi connectivity index (χ0) is 22.8. The quantitative estimate of drug-likeness (QED) is 0.635. The highest BCUT2D eigenvalue weighted by Crippen LogP contribution is 2.42. The highest BCUT2D eigenvalue weighted by Gasteiger charge is 2.41. The van der Waals surface area contributed by atoms with Crippen LogP contribution in [0.4, 0.5) is 0 Å². The van der Waals surface area contributed by atoms with Crippen LogP contribution in [0.5, 0.6) is 0 Å². The molecule has 31 heavy (non-hydrogen) atoms. The molecule has 0 bridgehead atoms. The molecule has 6 nitrogen and oxygen atoms in total. The van der Waals surface area contributed by atoms with Crippen molar-refractivity contribution >= 4 is 23.5 Å². The first-order valence-corrected chi connectivity index (χ1v) is 11.0. The Morgan fingerprint density at radius 3 is 2.48 bits per heavy atom. The number of aromatic nitrogens is 1. The largest absolute Gasteiger partial charge is 0.481 e. The Balaban J connectivity index is 2.05. The van der Waals surface area contributed by atoms with E-state index in [1.54, 1.807) is 36.9 Å². The van der Waals surface area contributed by atoms with E-state index >= 15 is 0 Å². The van der Waals surface area contributed by atoms with Crippen LogP contribution in [-0.4, -0.2) is 32.0 Å². The Morgan fingerprint density at radius 2 is 1.90 bits per heavy atom. The number of carbonyl (C=O) groups excluding carboxylic acids is 1. The van der Waals surface area contributed by atoms with Crippen LogP contribution in [0.2, 0.25) is 5.02 Å². The third kappa shape index (κ3) is 5.25. The van der Waals surface area contributed by atoms with Crippen molar-refractivity contribution in [3.63, 3.8) is 0 Å². The zero-order valence-electron chi connectivity index (χ0n) is 18.1. The maximum atomic E-state index is 13.5. The maximum Gasteiger partial charge on any atom is 0.304 e. The lowest BCUT2D eigenvalue weighted by atomic mass is 9.84. The van der Waals surface area contributed by atoms with Crippen LogP contribution in [0.15, 0.2) is 42.5 Å². The topological polar surface area (TPSA) is 90.7 Å². The number of piperidine rings is 1. The molecule has 1 aliphatic rings. The molecule has 1 aliphatic heterocycles. The van der Waals surface area contributed by atoms with E-state index in [2.05, 4.69) is 4.98 Å². The normalized spacial score (nSPS) is 20.5. The van der Waals surface area contributed by atoms with Crippen molar-refractivity contribution in [3.05, 3.63) is 64.4 Å². The molecule has 7 heteroatoms. The number of likely N-dealkylation sites (tertiary alicyclic amines) is 1. The molecule has 1 saturated heterocycles. The lowest BCUT2D eigenvalue weighted by Gasteiger charge is -2.44. The first-order valence-electron chi connectivity index (χ1n) is 10.6. The highest BCUT2D eigenvalue weighted by atomic mass is 35.5. The fourth-order valence-electron chi connectivity index (χ4n) is 4.30. The molecule has 3 rings (SSSR count). The number of carboxylic acids is 1.